The van der Waals surface area contributed by atoms with E-state index >= 15 is 0 Å². The Balaban J connectivity index is 1.78. The third-order valence-corrected chi connectivity index (χ3v) is 4.98. The lowest BCUT2D eigenvalue weighted by atomic mass is 10.1. The van der Waals surface area contributed by atoms with Crippen LogP contribution in [0.5, 0.6) is 5.75 Å². The van der Waals surface area contributed by atoms with Crippen molar-refractivity contribution in [2.75, 3.05) is 18.5 Å². The van der Waals surface area contributed by atoms with Crippen LogP contribution in [-0.4, -0.2) is 51.5 Å². The van der Waals surface area contributed by atoms with Gasteiger partial charge in [0.1, 0.15) is 28.9 Å². The van der Waals surface area contributed by atoms with E-state index in [0.717, 1.165) is 12.1 Å². The van der Waals surface area contributed by atoms with Crippen LogP contribution in [0.1, 0.15) is 63.5 Å². The average Bonchev–Trinajstić information content (AvgIpc) is 3.21. The summed E-state index contributed by atoms with van der Waals surface area (Å²) in [6.07, 6.45) is 1.65. The van der Waals surface area contributed by atoms with Gasteiger partial charge in [0.25, 0.3) is 0 Å². The highest BCUT2D eigenvalue weighted by Gasteiger charge is 2.22. The van der Waals surface area contributed by atoms with Crippen molar-refractivity contribution in [1.29, 1.82) is 0 Å². The molecule has 1 amide bonds. The Bertz CT molecular complexity index is 1270. The van der Waals surface area contributed by atoms with Crippen molar-refractivity contribution in [2.24, 2.45) is 0 Å². The number of anilines is 1. The number of rotatable bonds is 9. The Hall–Kier alpha value is -3.96. The maximum atomic E-state index is 14.8. The highest BCUT2D eigenvalue weighted by molar-refractivity contribution is 5.95. The molecule has 2 aromatic heterocycles. The molecule has 1 aromatic carbocycles. The van der Waals surface area contributed by atoms with Crippen molar-refractivity contribution in [1.82, 2.24) is 19.9 Å². The number of ether oxygens (including phenoxy) is 3. The standard InChI is InChI=1S/C25H31F2N5O5/c1-7-35-23(33)18-13-29-32-9-8-20(31-22(18)32)30-15(3)17-10-16(26)11-19(27)21(17)36-14(2)12-28-24(34)37-25(4,5)6/h8-11,13-15H,7,12H2,1-6H3,(H,28,34)(H,30,31)/t14-,15+/m0/s1. The van der Waals surface area contributed by atoms with Gasteiger partial charge in [-0.3, -0.25) is 0 Å². The number of hydrogen-bond donors (Lipinski definition) is 2. The lowest BCUT2D eigenvalue weighted by Crippen LogP contribution is -2.38. The predicted molar refractivity (Wildman–Crippen MR) is 132 cm³/mol. The Morgan fingerprint density at radius 2 is 1.92 bits per heavy atom. The number of aromatic nitrogens is 3. The maximum absolute atomic E-state index is 14.8. The molecular formula is C25H31F2N5O5. The number of amides is 1. The lowest BCUT2D eigenvalue weighted by molar-refractivity contribution is 0.0500. The first-order valence-electron chi connectivity index (χ1n) is 11.8. The number of benzene rings is 1. The van der Waals surface area contributed by atoms with Gasteiger partial charge in [-0.25, -0.2) is 27.9 Å². The molecule has 0 aliphatic rings. The normalized spacial score (nSPS) is 13.1. The van der Waals surface area contributed by atoms with Gasteiger partial charge in [-0.1, -0.05) is 0 Å². The van der Waals surface area contributed by atoms with Crippen LogP contribution >= 0.6 is 0 Å². The monoisotopic (exact) mass is 519 g/mol. The first-order valence-corrected chi connectivity index (χ1v) is 11.8. The SMILES string of the molecule is CCOC(=O)c1cnn2ccc(N[C@H](C)c3cc(F)cc(F)c3O[C@@H](C)CNC(=O)OC(C)(C)C)nc12. The van der Waals surface area contributed by atoms with E-state index in [1.165, 1.54) is 10.7 Å². The van der Waals surface area contributed by atoms with Gasteiger partial charge in [-0.2, -0.15) is 5.10 Å². The lowest BCUT2D eigenvalue weighted by Gasteiger charge is -2.23. The van der Waals surface area contributed by atoms with Crippen molar-refractivity contribution < 1.29 is 32.6 Å². The number of esters is 1. The Morgan fingerprint density at radius 3 is 2.59 bits per heavy atom. The molecule has 37 heavy (non-hydrogen) atoms. The van der Waals surface area contributed by atoms with Crippen LogP contribution in [0.25, 0.3) is 5.65 Å². The molecule has 2 N–H and O–H groups in total. The second kappa shape index (κ2) is 11.4. The number of fused-ring (bicyclic) bond motifs is 1. The van der Waals surface area contributed by atoms with E-state index in [1.807, 2.05) is 0 Å². The van der Waals surface area contributed by atoms with Crippen LogP contribution in [0.3, 0.4) is 0 Å². The third-order valence-electron chi connectivity index (χ3n) is 4.98. The molecule has 0 spiro atoms. The van der Waals surface area contributed by atoms with E-state index in [1.54, 1.807) is 53.8 Å². The molecule has 200 valence electrons. The molecule has 10 nitrogen and oxygen atoms in total. The second-order valence-electron chi connectivity index (χ2n) is 9.34. The van der Waals surface area contributed by atoms with Crippen LogP contribution < -0.4 is 15.4 Å². The van der Waals surface area contributed by atoms with Gasteiger partial charge in [0.05, 0.1) is 25.4 Å². The fourth-order valence-electron chi connectivity index (χ4n) is 3.41. The predicted octanol–water partition coefficient (Wildman–Crippen LogP) is 4.65. The molecule has 0 aliphatic carbocycles. The molecule has 2 heterocycles. The van der Waals surface area contributed by atoms with Gasteiger partial charge in [0.15, 0.2) is 17.2 Å². The van der Waals surface area contributed by atoms with E-state index in [4.69, 9.17) is 14.2 Å². The first-order chi connectivity index (χ1) is 17.4. The summed E-state index contributed by atoms with van der Waals surface area (Å²) >= 11 is 0. The molecule has 12 heteroatoms. The zero-order valence-electron chi connectivity index (χ0n) is 21.6. The fraction of sp³-hybridized carbons (Fsp3) is 0.440. The number of halogens is 2. The molecule has 0 saturated heterocycles. The summed E-state index contributed by atoms with van der Waals surface area (Å²) in [6, 6.07) is 2.83. The molecule has 0 bridgehead atoms. The quantitative estimate of drug-likeness (QED) is 0.393. The van der Waals surface area contributed by atoms with Crippen LogP contribution in [0.15, 0.2) is 30.6 Å². The molecule has 3 rings (SSSR count). The van der Waals surface area contributed by atoms with Gasteiger partial charge in [0.2, 0.25) is 0 Å². The van der Waals surface area contributed by atoms with Crippen molar-refractivity contribution in [2.45, 2.75) is 59.3 Å². The molecule has 2 atom stereocenters. The molecule has 0 radical (unpaired) electrons. The van der Waals surface area contributed by atoms with Crippen molar-refractivity contribution in [3.63, 3.8) is 0 Å². The van der Waals surface area contributed by atoms with Gasteiger partial charge in [-0.05, 0) is 53.7 Å². The molecule has 0 fully saturated rings. The first kappa shape index (κ1) is 27.6. The van der Waals surface area contributed by atoms with Crippen LogP contribution in [-0.2, 0) is 9.47 Å². The van der Waals surface area contributed by atoms with Gasteiger partial charge in [-0.15, -0.1) is 0 Å². The molecular weight excluding hydrogens is 488 g/mol. The van der Waals surface area contributed by atoms with E-state index < -0.39 is 41.4 Å². The van der Waals surface area contributed by atoms with Crippen LogP contribution in [0, 0.1) is 11.6 Å². The Morgan fingerprint density at radius 1 is 1.19 bits per heavy atom. The zero-order chi connectivity index (χ0) is 27.3. The summed E-state index contributed by atoms with van der Waals surface area (Å²) in [7, 11) is 0. The summed E-state index contributed by atoms with van der Waals surface area (Å²) in [6.45, 7) is 10.4. The topological polar surface area (TPSA) is 116 Å². The molecule has 0 aliphatic heterocycles. The van der Waals surface area contributed by atoms with Crippen LogP contribution in [0.2, 0.25) is 0 Å². The molecule has 0 unspecified atom stereocenters. The van der Waals surface area contributed by atoms with E-state index in [0.29, 0.717) is 5.82 Å². The summed E-state index contributed by atoms with van der Waals surface area (Å²) in [5.74, 6) is -2.07. The summed E-state index contributed by atoms with van der Waals surface area (Å²) in [5, 5.41) is 9.72. The van der Waals surface area contributed by atoms with Crippen molar-refractivity contribution >= 4 is 23.5 Å². The highest BCUT2D eigenvalue weighted by atomic mass is 19.1. The Labute approximate surface area is 213 Å². The van der Waals surface area contributed by atoms with Gasteiger partial charge in [0, 0.05) is 17.8 Å². The average molecular weight is 520 g/mol. The zero-order valence-corrected chi connectivity index (χ0v) is 21.6. The van der Waals surface area contributed by atoms with Gasteiger partial charge < -0.3 is 24.8 Å². The molecule has 0 saturated carbocycles. The van der Waals surface area contributed by atoms with Crippen molar-refractivity contribution in [3.05, 3.63) is 53.4 Å². The Kier molecular flexibility index (Phi) is 8.51. The van der Waals surface area contributed by atoms with Crippen LogP contribution in [0.4, 0.5) is 19.4 Å². The third kappa shape index (κ3) is 7.28. The maximum Gasteiger partial charge on any atom is 0.407 e. The minimum absolute atomic E-state index is 0.0308. The van der Waals surface area contributed by atoms with E-state index in [9.17, 15) is 18.4 Å². The number of alkyl carbamates (subject to hydrolysis) is 1. The minimum Gasteiger partial charge on any atom is -0.485 e. The van der Waals surface area contributed by atoms with Crippen molar-refractivity contribution in [3.8, 4) is 5.75 Å². The van der Waals surface area contributed by atoms with E-state index in [-0.39, 0.29) is 35.7 Å². The van der Waals surface area contributed by atoms with E-state index in [2.05, 4.69) is 20.7 Å². The largest absolute Gasteiger partial charge is 0.485 e. The number of nitrogens with one attached hydrogen (secondary N) is 2. The molecule has 3 aromatic rings. The summed E-state index contributed by atoms with van der Waals surface area (Å²) in [5.41, 5.74) is -0.0246. The minimum atomic E-state index is -0.892. The smallest absolute Gasteiger partial charge is 0.407 e. The van der Waals surface area contributed by atoms with Gasteiger partial charge >= 0.3 is 12.1 Å². The number of hydrogen-bond acceptors (Lipinski definition) is 8. The fourth-order valence-corrected chi connectivity index (χ4v) is 3.41. The summed E-state index contributed by atoms with van der Waals surface area (Å²) < 4.78 is 46.3. The second-order valence-corrected chi connectivity index (χ2v) is 9.34. The number of nitrogens with zero attached hydrogens (tertiary/aromatic N) is 3. The number of carbonyl (C=O) groups is 2. The summed E-state index contributed by atoms with van der Waals surface area (Å²) in [4.78, 5) is 28.5. The number of carbonyl (C=O) groups excluding carboxylic acids is 2. The highest BCUT2D eigenvalue weighted by Crippen LogP contribution is 2.32.